The topological polar surface area (TPSA) is 44.4 Å². The molecule has 4 nitrogen and oxygen atoms in total. The highest BCUT2D eigenvalue weighted by molar-refractivity contribution is 5.76. The van der Waals surface area contributed by atoms with Crippen molar-refractivity contribution in [2.45, 2.75) is 32.7 Å². The zero-order chi connectivity index (χ0) is 12.8. The van der Waals surface area contributed by atoms with Crippen molar-refractivity contribution in [3.05, 3.63) is 0 Å². The van der Waals surface area contributed by atoms with E-state index < -0.39 is 0 Å². The van der Waals surface area contributed by atoms with Gasteiger partial charge in [-0.15, -0.1) is 0 Å². The summed E-state index contributed by atoms with van der Waals surface area (Å²) in [5, 5.41) is 6.25. The molecule has 0 radical (unpaired) electrons. The zero-order valence-corrected chi connectivity index (χ0v) is 11.6. The monoisotopic (exact) mass is 241 g/mol. The average Bonchev–Trinajstić information content (AvgIpc) is 2.17. The third kappa shape index (κ3) is 5.50. The maximum Gasteiger partial charge on any atom is 0.220 e. The largest absolute Gasteiger partial charge is 0.355 e. The molecule has 17 heavy (non-hydrogen) atoms. The lowest BCUT2D eigenvalue weighted by Crippen LogP contribution is -2.46. The van der Waals surface area contributed by atoms with Gasteiger partial charge >= 0.3 is 0 Å². The quantitative estimate of drug-likeness (QED) is 0.689. The maximum atomic E-state index is 11.7. The second-order valence-electron chi connectivity index (χ2n) is 5.78. The summed E-state index contributed by atoms with van der Waals surface area (Å²) in [6.45, 7) is 7.20. The number of hydrogen-bond donors (Lipinski definition) is 2. The van der Waals surface area contributed by atoms with Crippen LogP contribution in [0.3, 0.4) is 0 Å². The van der Waals surface area contributed by atoms with Gasteiger partial charge in [0, 0.05) is 19.0 Å². The van der Waals surface area contributed by atoms with Crippen LogP contribution >= 0.6 is 0 Å². The van der Waals surface area contributed by atoms with Crippen LogP contribution in [0.2, 0.25) is 0 Å². The molecule has 0 aliphatic carbocycles. The summed E-state index contributed by atoms with van der Waals surface area (Å²) in [7, 11) is 4.16. The number of carbonyl (C=O) groups is 1. The Labute approximate surface area is 105 Å². The fourth-order valence-corrected chi connectivity index (χ4v) is 2.08. The Morgan fingerprint density at radius 1 is 1.41 bits per heavy atom. The van der Waals surface area contributed by atoms with Crippen LogP contribution in [0.25, 0.3) is 0 Å². The van der Waals surface area contributed by atoms with E-state index in [0.29, 0.717) is 24.3 Å². The highest BCUT2D eigenvalue weighted by Gasteiger charge is 2.21. The molecular formula is C13H27N3O. The average molecular weight is 241 g/mol. The van der Waals surface area contributed by atoms with E-state index in [1.165, 1.54) is 0 Å². The first-order valence-corrected chi connectivity index (χ1v) is 6.63. The Hall–Kier alpha value is -0.610. The van der Waals surface area contributed by atoms with Crippen molar-refractivity contribution in [2.24, 2.45) is 11.8 Å². The van der Waals surface area contributed by atoms with Gasteiger partial charge in [0.1, 0.15) is 0 Å². The highest BCUT2D eigenvalue weighted by atomic mass is 16.1. The minimum absolute atomic E-state index is 0.201. The smallest absolute Gasteiger partial charge is 0.220 e. The van der Waals surface area contributed by atoms with E-state index in [2.05, 4.69) is 43.5 Å². The van der Waals surface area contributed by atoms with Crippen LogP contribution in [0.15, 0.2) is 0 Å². The molecule has 1 heterocycles. The molecule has 1 fully saturated rings. The molecule has 0 spiro atoms. The molecule has 0 saturated carbocycles. The van der Waals surface area contributed by atoms with Gasteiger partial charge in [0.05, 0.1) is 0 Å². The lowest BCUT2D eigenvalue weighted by Gasteiger charge is -2.28. The molecule has 100 valence electrons. The van der Waals surface area contributed by atoms with E-state index in [-0.39, 0.29) is 5.91 Å². The first-order valence-electron chi connectivity index (χ1n) is 6.63. The molecular weight excluding hydrogens is 214 g/mol. The number of nitrogens with one attached hydrogen (secondary N) is 2. The molecule has 4 heteroatoms. The van der Waals surface area contributed by atoms with Crippen molar-refractivity contribution in [2.75, 3.05) is 33.7 Å². The van der Waals surface area contributed by atoms with E-state index >= 15 is 0 Å². The Morgan fingerprint density at radius 3 is 2.47 bits per heavy atom. The van der Waals surface area contributed by atoms with E-state index in [4.69, 9.17) is 0 Å². The van der Waals surface area contributed by atoms with Crippen molar-refractivity contribution in [3.8, 4) is 0 Å². The van der Waals surface area contributed by atoms with Crippen molar-refractivity contribution in [1.82, 2.24) is 15.5 Å². The molecule has 1 aliphatic heterocycles. The van der Waals surface area contributed by atoms with Gasteiger partial charge in [-0.25, -0.2) is 0 Å². The van der Waals surface area contributed by atoms with Crippen molar-refractivity contribution < 1.29 is 4.79 Å². The maximum absolute atomic E-state index is 11.7. The van der Waals surface area contributed by atoms with Crippen LogP contribution in [0.1, 0.15) is 26.7 Å². The van der Waals surface area contributed by atoms with Crippen LogP contribution in [0.4, 0.5) is 0 Å². The number of likely N-dealkylation sites (N-methyl/N-ethyl adjacent to an activating group) is 1. The van der Waals surface area contributed by atoms with Crippen LogP contribution in [-0.2, 0) is 4.79 Å². The number of hydrogen-bond acceptors (Lipinski definition) is 3. The van der Waals surface area contributed by atoms with Crippen LogP contribution in [-0.4, -0.2) is 50.6 Å². The van der Waals surface area contributed by atoms with Crippen LogP contribution < -0.4 is 10.6 Å². The van der Waals surface area contributed by atoms with Crippen molar-refractivity contribution in [1.29, 1.82) is 0 Å². The molecule has 2 N–H and O–H groups in total. The molecule has 1 unspecified atom stereocenters. The van der Waals surface area contributed by atoms with Crippen LogP contribution in [0, 0.1) is 11.8 Å². The van der Waals surface area contributed by atoms with Gasteiger partial charge in [0.25, 0.3) is 0 Å². The summed E-state index contributed by atoms with van der Waals surface area (Å²) >= 11 is 0. The van der Waals surface area contributed by atoms with Gasteiger partial charge < -0.3 is 15.5 Å². The summed E-state index contributed by atoms with van der Waals surface area (Å²) in [6.07, 6.45) is 1.80. The second-order valence-corrected chi connectivity index (χ2v) is 5.78. The molecule has 0 aromatic rings. The third-order valence-corrected chi connectivity index (χ3v) is 3.35. The van der Waals surface area contributed by atoms with Gasteiger partial charge in [-0.3, -0.25) is 4.79 Å². The predicted octanol–water partition coefficient (Wildman–Crippen LogP) is 0.688. The van der Waals surface area contributed by atoms with Gasteiger partial charge in [-0.2, -0.15) is 0 Å². The van der Waals surface area contributed by atoms with Gasteiger partial charge in [0.2, 0.25) is 5.91 Å². The van der Waals surface area contributed by atoms with E-state index in [1.54, 1.807) is 0 Å². The first kappa shape index (κ1) is 14.5. The molecule has 1 atom stereocenters. The Kier molecular flexibility index (Phi) is 5.92. The molecule has 1 amide bonds. The Balaban J connectivity index is 2.22. The fourth-order valence-electron chi connectivity index (χ4n) is 2.08. The van der Waals surface area contributed by atoms with Crippen LogP contribution in [0.5, 0.6) is 0 Å². The van der Waals surface area contributed by atoms with Gasteiger partial charge in [-0.1, -0.05) is 13.8 Å². The number of carbonyl (C=O) groups excluding carboxylic acids is 1. The highest BCUT2D eigenvalue weighted by Crippen LogP contribution is 2.10. The molecule has 0 aromatic heterocycles. The number of rotatable bonds is 7. The Bertz CT molecular complexity index is 237. The lowest BCUT2D eigenvalue weighted by atomic mass is 9.98. The molecule has 0 bridgehead atoms. The standard InChI is InChI=1S/C13H27N3O/c1-10(2)5-12(16(3)4)9-15-13(17)6-11-7-14-8-11/h10-12,14H,5-9H2,1-4H3,(H,15,17). The number of amides is 1. The first-order chi connectivity index (χ1) is 7.99. The minimum atomic E-state index is 0.201. The van der Waals surface area contributed by atoms with E-state index in [1.807, 2.05) is 0 Å². The normalized spacial score (nSPS) is 18.2. The second kappa shape index (κ2) is 6.97. The van der Waals surface area contributed by atoms with E-state index in [9.17, 15) is 4.79 Å². The molecule has 1 rings (SSSR count). The number of nitrogens with zero attached hydrogens (tertiary/aromatic N) is 1. The third-order valence-electron chi connectivity index (χ3n) is 3.35. The summed E-state index contributed by atoms with van der Waals surface area (Å²) in [6, 6.07) is 0.443. The van der Waals surface area contributed by atoms with Gasteiger partial charge in [-0.05, 0) is 45.4 Å². The summed E-state index contributed by atoms with van der Waals surface area (Å²) < 4.78 is 0. The fraction of sp³-hybridized carbons (Fsp3) is 0.923. The Morgan fingerprint density at radius 2 is 2.06 bits per heavy atom. The summed E-state index contributed by atoms with van der Waals surface area (Å²) in [4.78, 5) is 13.9. The predicted molar refractivity (Wildman–Crippen MR) is 70.9 cm³/mol. The SMILES string of the molecule is CC(C)CC(CNC(=O)CC1CNC1)N(C)C. The van der Waals surface area contributed by atoms with Gasteiger partial charge in [0.15, 0.2) is 0 Å². The zero-order valence-electron chi connectivity index (χ0n) is 11.6. The molecule has 1 saturated heterocycles. The van der Waals surface area contributed by atoms with Crippen molar-refractivity contribution in [3.63, 3.8) is 0 Å². The summed E-state index contributed by atoms with van der Waals surface area (Å²) in [5.41, 5.74) is 0. The minimum Gasteiger partial charge on any atom is -0.355 e. The molecule has 1 aliphatic rings. The van der Waals surface area contributed by atoms with E-state index in [0.717, 1.165) is 26.1 Å². The molecule has 0 aromatic carbocycles. The lowest BCUT2D eigenvalue weighted by molar-refractivity contribution is -0.122. The van der Waals surface area contributed by atoms with Crippen molar-refractivity contribution >= 4 is 5.91 Å². The summed E-state index contributed by atoms with van der Waals surface area (Å²) in [5.74, 6) is 1.42.